The molecule has 1 aliphatic rings. The highest BCUT2D eigenvalue weighted by Crippen LogP contribution is 2.33. The van der Waals surface area contributed by atoms with Crippen LogP contribution < -0.4 is 32.3 Å². The third kappa shape index (κ3) is 30.0. The van der Waals surface area contributed by atoms with Gasteiger partial charge in [-0.3, -0.25) is 43.2 Å². The first-order chi connectivity index (χ1) is 47.1. The zero-order valence-corrected chi connectivity index (χ0v) is 60.8. The average molecular weight is 1400 g/mol. The predicted octanol–water partition coefficient (Wildman–Crippen LogP) is 6.05. The van der Waals surface area contributed by atoms with Crippen molar-refractivity contribution < 1.29 is 91.0 Å². The fourth-order valence-electron chi connectivity index (χ4n) is 12.6. The summed E-state index contributed by atoms with van der Waals surface area (Å²) in [4.78, 5) is 145. The molecule has 2 aromatic carbocycles. The number of benzene rings is 2. The Bertz CT molecular complexity index is 2790. The number of nitrogens with zero attached hydrogens (tertiary/aromatic N) is 3. The van der Waals surface area contributed by atoms with Gasteiger partial charge in [-0.05, 0) is 85.6 Å². The maximum Gasteiger partial charge on any atom is 0.312 e. The highest BCUT2D eigenvalue weighted by atomic mass is 16.6. The number of urea groups is 1. The number of methoxy groups -OCH3 is 2. The van der Waals surface area contributed by atoms with Crippen molar-refractivity contribution in [3.05, 3.63) is 60.2 Å². The summed E-state index contributed by atoms with van der Waals surface area (Å²) in [5, 5.41) is 18.2. The molecule has 11 atom stereocenters. The first-order valence-electron chi connectivity index (χ1n) is 34.8. The molecule has 7 amide bonds. The number of nitrogens with two attached hydrogens (primary N) is 2. The summed E-state index contributed by atoms with van der Waals surface area (Å²) < 4.78 is 39.7. The number of likely N-dealkylation sites (tertiary alicyclic amines) is 1. The van der Waals surface area contributed by atoms with Crippen LogP contribution >= 0.6 is 0 Å². The smallest absolute Gasteiger partial charge is 0.312 e. The number of primary amides is 1. The fraction of sp³-hybridized carbons (Fsp3) is 0.694. The summed E-state index contributed by atoms with van der Waals surface area (Å²) in [5.74, 6) is -3.24. The molecule has 0 saturated carbocycles. The summed E-state index contributed by atoms with van der Waals surface area (Å²) >= 11 is 0. The number of carbonyl (C=O) groups excluding carboxylic acids is 9. The quantitative estimate of drug-likeness (QED) is 0.0324. The first kappa shape index (κ1) is 86.2. The molecule has 99 heavy (non-hydrogen) atoms. The molecule has 1 heterocycles. The van der Waals surface area contributed by atoms with E-state index in [4.69, 9.17) is 44.8 Å². The van der Waals surface area contributed by atoms with Crippen molar-refractivity contribution in [2.24, 2.45) is 59.0 Å². The summed E-state index contributed by atoms with van der Waals surface area (Å²) in [7, 11) is 6.18. The van der Waals surface area contributed by atoms with Crippen LogP contribution in [0.3, 0.4) is 0 Å². The molecule has 27 heteroatoms. The number of carbonyl (C=O) groups is 10. The predicted molar refractivity (Wildman–Crippen MR) is 372 cm³/mol. The second kappa shape index (κ2) is 46.4. The number of Topliss-reactive ketones (excluding diaryl/α,β-unsaturated/α-hetero) is 3. The number of ketones is 3. The van der Waals surface area contributed by atoms with E-state index in [-0.39, 0.29) is 130 Å². The number of carboxylic acid groups (broad SMARTS) is 1. The van der Waals surface area contributed by atoms with Crippen LogP contribution in [-0.2, 0) is 82.8 Å². The number of likely N-dealkylation sites (N-methyl/N-ethyl adjacent to an activating group) is 2. The average Bonchev–Trinajstić information content (AvgIpc) is 1.40. The van der Waals surface area contributed by atoms with Gasteiger partial charge in [0.15, 0.2) is 18.2 Å². The lowest BCUT2D eigenvalue weighted by molar-refractivity contribution is -0.150. The van der Waals surface area contributed by atoms with Gasteiger partial charge in [0.05, 0.1) is 108 Å². The van der Waals surface area contributed by atoms with Crippen LogP contribution in [-0.4, -0.2) is 223 Å². The van der Waals surface area contributed by atoms with E-state index in [0.29, 0.717) is 77.6 Å². The SMILES string of the molecule is CC[C@H](C)[C@@H]([C@@H](CC(=O)N1CCC[C@H]1[C@H](OC)[C@@H](C)C(=O)C[C@@H](Cc1ccccc1)C(=O)O)OC)N(C)C(=O)[C@@H](CC(=O)[C@H](C(C)C)N(C)C(=O)COc1ccc(NC(=O)[C@H](CCCNC(N)=O)CC(=O)[C@@H](NC(=O)CCOCCOCCOCCOCCON)C(C)C)cc1)C(C)C. The molecular formula is C72H116N8O19. The molecule has 2 aromatic rings. The molecule has 0 aromatic heterocycles. The molecule has 1 aliphatic heterocycles. The molecule has 8 N–H and O–H groups in total. The molecule has 558 valence electrons. The third-order valence-electron chi connectivity index (χ3n) is 18.4. The molecule has 0 bridgehead atoms. The van der Waals surface area contributed by atoms with Crippen LogP contribution in [0, 0.1) is 47.3 Å². The van der Waals surface area contributed by atoms with Gasteiger partial charge in [-0.2, -0.15) is 0 Å². The van der Waals surface area contributed by atoms with Crippen LogP contribution in [0.5, 0.6) is 5.75 Å². The fourth-order valence-corrected chi connectivity index (χ4v) is 12.6. The molecule has 0 unspecified atom stereocenters. The van der Waals surface area contributed by atoms with Gasteiger partial charge in [0.2, 0.25) is 23.6 Å². The largest absolute Gasteiger partial charge is 0.484 e. The number of amides is 7. The molecule has 3 rings (SSSR count). The number of carboxylic acids is 1. The minimum absolute atomic E-state index is 0.0152. The Morgan fingerprint density at radius 2 is 1.28 bits per heavy atom. The Morgan fingerprint density at radius 3 is 1.82 bits per heavy atom. The zero-order valence-electron chi connectivity index (χ0n) is 60.8. The molecule has 0 radical (unpaired) electrons. The Morgan fingerprint density at radius 1 is 0.687 bits per heavy atom. The number of rotatable bonds is 52. The molecule has 1 saturated heterocycles. The van der Waals surface area contributed by atoms with Crippen molar-refractivity contribution in [3.8, 4) is 5.75 Å². The van der Waals surface area contributed by atoms with Gasteiger partial charge in [0.1, 0.15) is 11.5 Å². The van der Waals surface area contributed by atoms with Gasteiger partial charge in [0.25, 0.3) is 5.91 Å². The third-order valence-corrected chi connectivity index (χ3v) is 18.4. The molecular weight excluding hydrogens is 1280 g/mol. The zero-order chi connectivity index (χ0) is 73.7. The second-order valence-corrected chi connectivity index (χ2v) is 26.7. The van der Waals surface area contributed by atoms with E-state index in [1.54, 1.807) is 61.9 Å². The monoisotopic (exact) mass is 1400 g/mol. The number of ether oxygens (including phenoxy) is 7. The second-order valence-electron chi connectivity index (χ2n) is 26.7. The Kier molecular flexibility index (Phi) is 40.5. The maximum absolute atomic E-state index is 14.9. The van der Waals surface area contributed by atoms with Crippen molar-refractivity contribution >= 4 is 64.6 Å². The standard InChI is InChI=1S/C72H116N8O19/c1-14-49(8)67(61(92-12)44-63(85)80-30-19-23-57(80)68(93-13)50(9)58(81)42-53(71(89)90)40-51-20-16-15-17-21-51)79(11)70(88)56(46(2)3)43-60(83)66(48(6)7)78(10)64(86)45-98-55-26-24-54(25-27-55)76-69(87)52(22-18-29-75-72(73)91)41-59(82)65(47(4)5)77-62(84)28-31-94-32-33-95-34-35-96-36-37-97-38-39-99-74/h15-17,20-21,24-27,46-50,52-53,56-57,61,65-68H,14,18-19,22-23,28-45,74H2,1-13H3,(H,76,87)(H,77,84)(H,89,90)(H3,73,75,91)/t49-,50-,52+,53+,56-,57-,61+,65-,66-,67-,68+/m0/s1. The minimum Gasteiger partial charge on any atom is -0.484 e. The Balaban J connectivity index is 1.64. The van der Waals surface area contributed by atoms with Crippen molar-refractivity contribution in [1.29, 1.82) is 0 Å². The highest BCUT2D eigenvalue weighted by molar-refractivity contribution is 5.98. The highest BCUT2D eigenvalue weighted by Gasteiger charge is 2.44. The first-order valence-corrected chi connectivity index (χ1v) is 34.8. The van der Waals surface area contributed by atoms with Crippen LogP contribution in [0.2, 0.25) is 0 Å². The molecule has 0 aliphatic carbocycles. The summed E-state index contributed by atoms with van der Waals surface area (Å²) in [6.07, 6.45) is 0.369. The Hall–Kier alpha value is -6.98. The van der Waals surface area contributed by atoms with Gasteiger partial charge in [-0.1, -0.05) is 99.1 Å². The molecule has 27 nitrogen and oxygen atoms in total. The maximum atomic E-state index is 14.9. The number of aliphatic carboxylic acids is 1. The number of hydrogen-bond donors (Lipinski definition) is 6. The van der Waals surface area contributed by atoms with Crippen molar-refractivity contribution in [2.75, 3.05) is 113 Å². The van der Waals surface area contributed by atoms with E-state index in [1.807, 2.05) is 71.9 Å². The van der Waals surface area contributed by atoms with E-state index in [9.17, 15) is 53.1 Å². The van der Waals surface area contributed by atoms with E-state index in [1.165, 1.54) is 26.2 Å². The van der Waals surface area contributed by atoms with E-state index < -0.39 is 96.4 Å². The normalized spacial score (nSPS) is 16.2. The van der Waals surface area contributed by atoms with E-state index in [0.717, 1.165) is 5.56 Å². The molecule has 0 spiro atoms. The van der Waals surface area contributed by atoms with Crippen LogP contribution in [0.25, 0.3) is 0 Å². The number of hydrogen-bond acceptors (Lipinski definition) is 19. The van der Waals surface area contributed by atoms with Crippen molar-refractivity contribution in [3.63, 3.8) is 0 Å². The Labute approximate surface area is 585 Å². The number of nitrogens with one attached hydrogen (secondary N) is 3. The molecule has 1 fully saturated rings. The van der Waals surface area contributed by atoms with Crippen LogP contribution in [0.15, 0.2) is 54.6 Å². The number of anilines is 1. The lowest BCUT2D eigenvalue weighted by atomic mass is 9.83. The van der Waals surface area contributed by atoms with Crippen LogP contribution in [0.1, 0.15) is 132 Å². The van der Waals surface area contributed by atoms with Crippen LogP contribution in [0.4, 0.5) is 10.5 Å². The van der Waals surface area contributed by atoms with Gasteiger partial charge in [-0.15, -0.1) is 0 Å². The minimum atomic E-state index is -1.07. The summed E-state index contributed by atoms with van der Waals surface area (Å²) in [6.45, 7) is 19.5. The summed E-state index contributed by atoms with van der Waals surface area (Å²) in [5.41, 5.74) is 6.44. The van der Waals surface area contributed by atoms with Crippen molar-refractivity contribution in [1.82, 2.24) is 25.3 Å². The van der Waals surface area contributed by atoms with E-state index in [2.05, 4.69) is 20.8 Å². The van der Waals surface area contributed by atoms with Crippen molar-refractivity contribution in [2.45, 2.75) is 169 Å². The lowest BCUT2D eigenvalue weighted by Gasteiger charge is -2.41. The van der Waals surface area contributed by atoms with Gasteiger partial charge < -0.3 is 79.5 Å². The topological polar surface area (TPSA) is 363 Å². The van der Waals surface area contributed by atoms with Gasteiger partial charge in [-0.25, -0.2) is 10.7 Å². The van der Waals surface area contributed by atoms with Gasteiger partial charge >= 0.3 is 12.0 Å². The van der Waals surface area contributed by atoms with Gasteiger partial charge in [0, 0.05) is 90.5 Å². The lowest BCUT2D eigenvalue weighted by Crippen LogP contribution is -2.54. The summed E-state index contributed by atoms with van der Waals surface area (Å²) in [6, 6.07) is 11.7. The van der Waals surface area contributed by atoms with E-state index >= 15 is 0 Å².